The Kier molecular flexibility index (Phi) is 5.43. The van der Waals surface area contributed by atoms with E-state index in [9.17, 15) is 9.36 Å². The van der Waals surface area contributed by atoms with Crippen molar-refractivity contribution in [3.63, 3.8) is 0 Å². The summed E-state index contributed by atoms with van der Waals surface area (Å²) >= 11 is 0. The highest BCUT2D eigenvalue weighted by Gasteiger charge is 2.44. The molecule has 9 heteroatoms. The first-order chi connectivity index (χ1) is 14.1. The molecular formula is C21H27N4O4P. The highest BCUT2D eigenvalue weighted by Crippen LogP contribution is 2.64. The largest absolute Gasteiger partial charge is 0.353 e. The fraction of sp³-hybridized carbons (Fsp3) is 0.476. The fourth-order valence-corrected chi connectivity index (χ4v) is 5.98. The number of nitrogens with one attached hydrogen (secondary N) is 2. The van der Waals surface area contributed by atoms with E-state index in [0.717, 1.165) is 28.2 Å². The average Bonchev–Trinajstić information content (AvgIpc) is 3.03. The molecule has 160 valence electrons. The monoisotopic (exact) mass is 430 g/mol. The molecule has 1 unspecified atom stereocenters. The van der Waals surface area contributed by atoms with E-state index in [-0.39, 0.29) is 17.9 Å². The number of amides is 1. The van der Waals surface area contributed by atoms with Crippen LogP contribution in [0.4, 0.5) is 11.6 Å². The number of rotatable bonds is 5. The van der Waals surface area contributed by atoms with Crippen molar-refractivity contribution in [3.8, 4) is 0 Å². The van der Waals surface area contributed by atoms with Gasteiger partial charge in [-0.25, -0.2) is 9.97 Å². The summed E-state index contributed by atoms with van der Waals surface area (Å²) in [6.07, 6.45) is 0.308. The number of carbonyl (C=O) groups is 1. The van der Waals surface area contributed by atoms with Gasteiger partial charge in [-0.3, -0.25) is 9.36 Å². The third-order valence-corrected chi connectivity index (χ3v) is 7.45. The summed E-state index contributed by atoms with van der Waals surface area (Å²) in [6.45, 7) is 8.82. The van der Waals surface area contributed by atoms with Gasteiger partial charge < -0.3 is 19.7 Å². The lowest BCUT2D eigenvalue weighted by molar-refractivity contribution is -0.115. The van der Waals surface area contributed by atoms with Gasteiger partial charge in [0.1, 0.15) is 5.66 Å². The summed E-state index contributed by atoms with van der Waals surface area (Å²) in [5.74, 6) is 0.429. The Morgan fingerprint density at radius 2 is 1.83 bits per heavy atom. The van der Waals surface area contributed by atoms with Crippen LogP contribution in [0.2, 0.25) is 0 Å². The zero-order valence-electron chi connectivity index (χ0n) is 17.7. The molecule has 1 aromatic carbocycles. The molecule has 1 saturated heterocycles. The minimum Gasteiger partial charge on any atom is -0.353 e. The van der Waals surface area contributed by atoms with Gasteiger partial charge in [0.25, 0.3) is 0 Å². The number of carbonyl (C=O) groups excluding carboxylic acids is 1. The summed E-state index contributed by atoms with van der Waals surface area (Å²) in [6, 6.07) is 7.51. The number of aromatic nitrogens is 2. The summed E-state index contributed by atoms with van der Waals surface area (Å²) in [5.41, 5.74) is 3.41. The molecule has 1 atom stereocenters. The van der Waals surface area contributed by atoms with E-state index in [1.165, 1.54) is 0 Å². The maximum absolute atomic E-state index is 13.7. The summed E-state index contributed by atoms with van der Waals surface area (Å²) in [4.78, 5) is 20.6. The van der Waals surface area contributed by atoms with Gasteiger partial charge in [0.2, 0.25) is 11.9 Å². The molecule has 2 aromatic rings. The van der Waals surface area contributed by atoms with Crippen molar-refractivity contribution < 1.29 is 18.4 Å². The molecule has 1 amide bonds. The van der Waals surface area contributed by atoms with Crippen LogP contribution in [0.25, 0.3) is 0 Å². The van der Waals surface area contributed by atoms with Gasteiger partial charge in [0.05, 0.1) is 19.6 Å². The zero-order chi connectivity index (χ0) is 21.5. The van der Waals surface area contributed by atoms with E-state index < -0.39 is 13.3 Å². The summed E-state index contributed by atoms with van der Waals surface area (Å²) in [5, 5.41) is 6.04. The molecule has 1 fully saturated rings. The van der Waals surface area contributed by atoms with Crippen molar-refractivity contribution in [1.29, 1.82) is 0 Å². The zero-order valence-corrected chi connectivity index (χ0v) is 18.6. The maximum atomic E-state index is 13.7. The normalized spacial score (nSPS) is 20.3. The number of anilines is 2. The fourth-order valence-electron chi connectivity index (χ4n) is 3.65. The molecule has 4 rings (SSSR count). The SMILES string of the molecule is Cc1cc(C)nc(NCC(c2ccc3c(c2)CC(=O)N3)P2(=O)OCC(C)(C)CO2)n1. The Bertz CT molecular complexity index is 1010. The first-order valence-electron chi connectivity index (χ1n) is 10.0. The Labute approximate surface area is 176 Å². The molecule has 0 radical (unpaired) electrons. The van der Waals surface area contributed by atoms with Crippen molar-refractivity contribution in [1.82, 2.24) is 9.97 Å². The van der Waals surface area contributed by atoms with Gasteiger partial charge in [-0.1, -0.05) is 26.0 Å². The van der Waals surface area contributed by atoms with E-state index >= 15 is 0 Å². The molecule has 2 N–H and O–H groups in total. The lowest BCUT2D eigenvalue weighted by atomic mass is 9.97. The van der Waals surface area contributed by atoms with Crippen LogP contribution in [0.15, 0.2) is 24.3 Å². The Morgan fingerprint density at radius 1 is 1.17 bits per heavy atom. The molecule has 2 aliphatic heterocycles. The van der Waals surface area contributed by atoms with Gasteiger partial charge in [-0.05, 0) is 37.1 Å². The number of hydrogen-bond donors (Lipinski definition) is 2. The molecular weight excluding hydrogens is 403 g/mol. The lowest BCUT2D eigenvalue weighted by Crippen LogP contribution is -2.31. The van der Waals surface area contributed by atoms with E-state index in [2.05, 4.69) is 20.6 Å². The second-order valence-electron chi connectivity index (χ2n) is 8.76. The van der Waals surface area contributed by atoms with Crippen molar-refractivity contribution in [3.05, 3.63) is 46.8 Å². The van der Waals surface area contributed by atoms with Crippen LogP contribution in [-0.2, 0) is 24.8 Å². The standard InChI is InChI=1S/C21H27N4O4P/c1-13-7-14(2)24-20(23-13)22-10-18(30(27)28-11-21(3,4)12-29-30)15-5-6-17-16(8-15)9-19(26)25-17/h5-8,18H,9-12H2,1-4H3,(H,25,26)(H,22,23,24). The summed E-state index contributed by atoms with van der Waals surface area (Å²) in [7, 11) is -3.45. The van der Waals surface area contributed by atoms with Gasteiger partial charge in [0, 0.05) is 29.0 Å². The predicted molar refractivity (Wildman–Crippen MR) is 115 cm³/mol. The van der Waals surface area contributed by atoms with Crippen LogP contribution in [0, 0.1) is 19.3 Å². The van der Waals surface area contributed by atoms with E-state index in [4.69, 9.17) is 9.05 Å². The maximum Gasteiger partial charge on any atom is 0.339 e. The Morgan fingerprint density at radius 3 is 2.50 bits per heavy atom. The number of benzene rings is 1. The number of nitrogens with zero attached hydrogens (tertiary/aromatic N) is 2. The number of aryl methyl sites for hydroxylation is 2. The molecule has 1 aromatic heterocycles. The third kappa shape index (κ3) is 4.41. The summed E-state index contributed by atoms with van der Waals surface area (Å²) < 4.78 is 25.4. The average molecular weight is 430 g/mol. The first-order valence-corrected chi connectivity index (χ1v) is 11.6. The van der Waals surface area contributed by atoms with E-state index in [1.54, 1.807) is 0 Å². The van der Waals surface area contributed by atoms with E-state index in [1.807, 2.05) is 52.0 Å². The van der Waals surface area contributed by atoms with Crippen LogP contribution in [-0.4, -0.2) is 35.6 Å². The minimum atomic E-state index is -3.45. The first kappa shape index (κ1) is 21.0. The predicted octanol–water partition coefficient (Wildman–Crippen LogP) is 4.01. The Hall–Kier alpha value is -2.28. The van der Waals surface area contributed by atoms with E-state index in [0.29, 0.717) is 25.6 Å². The quantitative estimate of drug-likeness (QED) is 0.691. The van der Waals surface area contributed by atoms with Gasteiger partial charge in [-0.2, -0.15) is 0 Å². The van der Waals surface area contributed by atoms with Crippen LogP contribution in [0.5, 0.6) is 0 Å². The second kappa shape index (κ2) is 7.76. The molecule has 2 aliphatic rings. The van der Waals surface area contributed by atoms with Crippen LogP contribution < -0.4 is 10.6 Å². The smallest absolute Gasteiger partial charge is 0.339 e. The number of fused-ring (bicyclic) bond motifs is 1. The Balaban J connectivity index is 1.64. The molecule has 3 heterocycles. The minimum absolute atomic E-state index is 0.0426. The van der Waals surface area contributed by atoms with Crippen molar-refractivity contribution in [2.45, 2.75) is 39.8 Å². The van der Waals surface area contributed by atoms with Crippen molar-refractivity contribution in [2.75, 3.05) is 30.4 Å². The van der Waals surface area contributed by atoms with Crippen LogP contribution in [0.1, 0.15) is 42.0 Å². The second-order valence-corrected chi connectivity index (χ2v) is 11.0. The van der Waals surface area contributed by atoms with Crippen molar-refractivity contribution in [2.24, 2.45) is 5.41 Å². The highest BCUT2D eigenvalue weighted by atomic mass is 31.2. The van der Waals surface area contributed by atoms with Crippen molar-refractivity contribution >= 4 is 25.1 Å². The number of hydrogen-bond acceptors (Lipinski definition) is 7. The highest BCUT2D eigenvalue weighted by molar-refractivity contribution is 7.54. The van der Waals surface area contributed by atoms with Gasteiger partial charge >= 0.3 is 7.60 Å². The molecule has 0 saturated carbocycles. The molecule has 0 spiro atoms. The molecule has 0 aliphatic carbocycles. The lowest BCUT2D eigenvalue weighted by Gasteiger charge is -2.37. The molecule has 8 nitrogen and oxygen atoms in total. The van der Waals surface area contributed by atoms with Gasteiger partial charge in [-0.15, -0.1) is 0 Å². The topological polar surface area (TPSA) is 102 Å². The van der Waals surface area contributed by atoms with Crippen LogP contribution in [0.3, 0.4) is 0 Å². The van der Waals surface area contributed by atoms with Crippen LogP contribution >= 0.6 is 7.60 Å². The van der Waals surface area contributed by atoms with Gasteiger partial charge in [0.15, 0.2) is 0 Å². The third-order valence-electron chi connectivity index (χ3n) is 5.23. The molecule has 30 heavy (non-hydrogen) atoms. The molecule has 0 bridgehead atoms.